The third-order valence-electron chi connectivity index (χ3n) is 5.72. The van der Waals surface area contributed by atoms with Crippen LogP contribution in [0.3, 0.4) is 0 Å². The van der Waals surface area contributed by atoms with Gasteiger partial charge in [-0.1, -0.05) is 0 Å². The summed E-state index contributed by atoms with van der Waals surface area (Å²) in [5.41, 5.74) is 0.939. The molecular weight excluding hydrogens is 370 g/mol. The lowest BCUT2D eigenvalue weighted by Gasteiger charge is -2.45. The number of likely N-dealkylation sites (tertiary alicyclic amines) is 1. The van der Waals surface area contributed by atoms with Crippen LogP contribution in [0, 0.1) is 11.7 Å². The van der Waals surface area contributed by atoms with E-state index in [1.54, 1.807) is 12.1 Å². The van der Waals surface area contributed by atoms with Crippen molar-refractivity contribution in [3.63, 3.8) is 0 Å². The Morgan fingerprint density at radius 3 is 2.82 bits per heavy atom. The number of hydrogen-bond acceptors (Lipinski definition) is 5. The van der Waals surface area contributed by atoms with Gasteiger partial charge in [-0.2, -0.15) is 0 Å². The molecule has 7 nitrogen and oxygen atoms in total. The predicted molar refractivity (Wildman–Crippen MR) is 99.7 cm³/mol. The van der Waals surface area contributed by atoms with Gasteiger partial charge in [0.15, 0.2) is 0 Å². The number of amides is 2. The summed E-state index contributed by atoms with van der Waals surface area (Å²) in [5, 5.41) is 2.61. The van der Waals surface area contributed by atoms with E-state index < -0.39 is 18.0 Å². The molecular formula is C19H24F2N4O3. The molecule has 3 saturated heterocycles. The Morgan fingerprint density at radius 1 is 1.29 bits per heavy atom. The highest BCUT2D eigenvalue weighted by molar-refractivity contribution is 5.90. The first-order chi connectivity index (χ1) is 13.5. The van der Waals surface area contributed by atoms with E-state index in [0.29, 0.717) is 23.8 Å². The monoisotopic (exact) mass is 394 g/mol. The van der Waals surface area contributed by atoms with E-state index in [-0.39, 0.29) is 31.7 Å². The Morgan fingerprint density at radius 2 is 2.11 bits per heavy atom. The average molecular weight is 394 g/mol. The van der Waals surface area contributed by atoms with Crippen LogP contribution in [0.2, 0.25) is 0 Å². The molecule has 0 aromatic heterocycles. The first kappa shape index (κ1) is 18.9. The summed E-state index contributed by atoms with van der Waals surface area (Å²) in [5.74, 6) is -0.138. The molecule has 1 N–H and O–H groups in total. The van der Waals surface area contributed by atoms with Crippen LogP contribution in [0.4, 0.5) is 25.0 Å². The SMILES string of the molecule is CC(=O)NCC1CN(c2ccc(N3CC4CN(CCF)CC43)c(F)c2)C(=O)O1. The standard InChI is InChI=1S/C19H24F2N4O3/c1-12(26)22-7-15-10-24(19(27)28-15)14-2-3-17(16(21)6-14)25-9-13-8-23(5-4-20)11-18(13)25/h2-3,6,13,15,18H,4-5,7-11H2,1H3,(H,22,26). The number of hydrogen-bond donors (Lipinski definition) is 1. The van der Waals surface area contributed by atoms with Gasteiger partial charge < -0.3 is 15.0 Å². The third kappa shape index (κ3) is 3.50. The number of fused-ring (bicyclic) bond motifs is 1. The number of rotatable bonds is 6. The molecule has 3 unspecified atom stereocenters. The topological polar surface area (TPSA) is 65.1 Å². The minimum absolute atomic E-state index is 0.199. The highest BCUT2D eigenvalue weighted by Crippen LogP contribution is 2.38. The molecule has 0 spiro atoms. The van der Waals surface area contributed by atoms with Crippen LogP contribution >= 0.6 is 0 Å². The molecule has 1 aromatic rings. The zero-order valence-electron chi connectivity index (χ0n) is 15.7. The van der Waals surface area contributed by atoms with Gasteiger partial charge in [0.05, 0.1) is 24.5 Å². The molecule has 3 heterocycles. The smallest absolute Gasteiger partial charge is 0.414 e. The lowest BCUT2D eigenvalue weighted by molar-refractivity contribution is -0.119. The molecule has 3 fully saturated rings. The van der Waals surface area contributed by atoms with Gasteiger partial charge in [-0.05, 0) is 18.2 Å². The van der Waals surface area contributed by atoms with Crippen LogP contribution in [-0.4, -0.2) is 75.0 Å². The molecule has 9 heteroatoms. The maximum Gasteiger partial charge on any atom is 0.414 e. The van der Waals surface area contributed by atoms with Crippen molar-refractivity contribution in [2.45, 2.75) is 19.1 Å². The van der Waals surface area contributed by atoms with Gasteiger partial charge in [0.2, 0.25) is 5.91 Å². The Bertz CT molecular complexity index is 778. The molecule has 3 aliphatic heterocycles. The van der Waals surface area contributed by atoms with Crippen molar-refractivity contribution in [2.24, 2.45) is 5.92 Å². The summed E-state index contributed by atoms with van der Waals surface area (Å²) >= 11 is 0. The van der Waals surface area contributed by atoms with Crippen molar-refractivity contribution in [1.29, 1.82) is 0 Å². The van der Waals surface area contributed by atoms with E-state index in [1.807, 2.05) is 4.90 Å². The van der Waals surface area contributed by atoms with Crippen molar-refractivity contribution in [3.8, 4) is 0 Å². The van der Waals surface area contributed by atoms with Crippen molar-refractivity contribution in [3.05, 3.63) is 24.0 Å². The quantitative estimate of drug-likeness (QED) is 0.790. The summed E-state index contributed by atoms with van der Waals surface area (Å²) < 4.78 is 32.6. The summed E-state index contributed by atoms with van der Waals surface area (Å²) in [4.78, 5) is 28.6. The molecule has 28 heavy (non-hydrogen) atoms. The zero-order chi connectivity index (χ0) is 19.8. The van der Waals surface area contributed by atoms with E-state index in [9.17, 15) is 18.4 Å². The van der Waals surface area contributed by atoms with Gasteiger partial charge in [0.25, 0.3) is 0 Å². The molecule has 0 radical (unpaired) electrons. The Hall–Kier alpha value is -2.42. The second-order valence-electron chi connectivity index (χ2n) is 7.62. The number of halogens is 2. The van der Waals surface area contributed by atoms with Crippen molar-refractivity contribution in [1.82, 2.24) is 10.2 Å². The van der Waals surface area contributed by atoms with Crippen molar-refractivity contribution >= 4 is 23.4 Å². The van der Waals surface area contributed by atoms with Gasteiger partial charge in [-0.15, -0.1) is 0 Å². The number of nitrogens with one attached hydrogen (secondary N) is 1. The normalized spacial score (nSPS) is 26.8. The number of anilines is 2. The Labute approximate surface area is 162 Å². The summed E-state index contributed by atoms with van der Waals surface area (Å²) in [6.07, 6.45) is -1.01. The lowest BCUT2D eigenvalue weighted by atomic mass is 9.91. The second-order valence-corrected chi connectivity index (χ2v) is 7.62. The fraction of sp³-hybridized carbons (Fsp3) is 0.579. The van der Waals surface area contributed by atoms with Gasteiger partial charge in [-0.25, -0.2) is 13.6 Å². The van der Waals surface area contributed by atoms with Crippen molar-refractivity contribution < 1.29 is 23.1 Å². The molecule has 0 bridgehead atoms. The third-order valence-corrected chi connectivity index (χ3v) is 5.72. The Balaban J connectivity index is 1.41. The largest absolute Gasteiger partial charge is 0.442 e. The molecule has 3 aliphatic rings. The molecule has 3 atom stereocenters. The van der Waals surface area contributed by atoms with Crippen LogP contribution in [0.5, 0.6) is 0 Å². The highest BCUT2D eigenvalue weighted by atomic mass is 19.1. The van der Waals surface area contributed by atoms with E-state index in [0.717, 1.165) is 19.6 Å². The summed E-state index contributed by atoms with van der Waals surface area (Å²) in [6, 6.07) is 4.96. The van der Waals surface area contributed by atoms with E-state index in [1.165, 1.54) is 17.9 Å². The molecule has 2 amide bonds. The Kier molecular flexibility index (Phi) is 5.09. The second kappa shape index (κ2) is 7.54. The minimum atomic E-state index is -0.552. The number of carbonyl (C=O) groups is 2. The fourth-order valence-corrected chi connectivity index (χ4v) is 4.30. The van der Waals surface area contributed by atoms with E-state index >= 15 is 0 Å². The van der Waals surface area contributed by atoms with E-state index in [4.69, 9.17) is 4.74 Å². The first-order valence-electron chi connectivity index (χ1n) is 9.53. The zero-order valence-corrected chi connectivity index (χ0v) is 15.7. The van der Waals surface area contributed by atoms with Gasteiger partial charge in [-0.3, -0.25) is 14.6 Å². The number of ether oxygens (including phenoxy) is 1. The van der Waals surface area contributed by atoms with Crippen LogP contribution in [-0.2, 0) is 9.53 Å². The van der Waals surface area contributed by atoms with Crippen LogP contribution in [0.15, 0.2) is 18.2 Å². The summed E-state index contributed by atoms with van der Waals surface area (Å²) in [7, 11) is 0. The van der Waals surface area contributed by atoms with Gasteiger partial charge >= 0.3 is 6.09 Å². The van der Waals surface area contributed by atoms with E-state index in [2.05, 4.69) is 10.2 Å². The fourth-order valence-electron chi connectivity index (χ4n) is 4.30. The molecule has 4 rings (SSSR count). The molecule has 152 valence electrons. The average Bonchev–Trinajstić information content (AvgIpc) is 3.16. The van der Waals surface area contributed by atoms with Gasteiger partial charge in [0, 0.05) is 45.1 Å². The van der Waals surface area contributed by atoms with Crippen LogP contribution in [0.1, 0.15) is 6.92 Å². The maximum absolute atomic E-state index is 14.8. The number of alkyl halides is 1. The summed E-state index contributed by atoms with van der Waals surface area (Å²) in [6.45, 7) is 4.31. The molecule has 0 aliphatic carbocycles. The number of benzene rings is 1. The number of nitrogens with zero attached hydrogens (tertiary/aromatic N) is 3. The van der Waals surface area contributed by atoms with Crippen molar-refractivity contribution in [2.75, 3.05) is 55.7 Å². The minimum Gasteiger partial charge on any atom is -0.442 e. The van der Waals surface area contributed by atoms with Crippen LogP contribution < -0.4 is 15.1 Å². The predicted octanol–water partition coefficient (Wildman–Crippen LogP) is 1.38. The van der Waals surface area contributed by atoms with Gasteiger partial charge in [0.1, 0.15) is 18.6 Å². The highest BCUT2D eigenvalue weighted by Gasteiger charge is 2.46. The van der Waals surface area contributed by atoms with Crippen LogP contribution in [0.25, 0.3) is 0 Å². The number of cyclic esters (lactones) is 1. The maximum atomic E-state index is 14.8. The number of carbonyl (C=O) groups excluding carboxylic acids is 2. The first-order valence-corrected chi connectivity index (χ1v) is 9.53. The molecule has 1 aromatic carbocycles. The molecule has 0 saturated carbocycles. The lowest BCUT2D eigenvalue weighted by Crippen LogP contribution is -2.56.